The highest BCUT2D eigenvalue weighted by molar-refractivity contribution is 5.23. The molecule has 1 atom stereocenters. The van der Waals surface area contributed by atoms with Gasteiger partial charge in [-0.3, -0.25) is 0 Å². The van der Waals surface area contributed by atoms with Gasteiger partial charge in [-0.25, -0.2) is 4.98 Å². The maximum Gasteiger partial charge on any atom is 0.112 e. The van der Waals surface area contributed by atoms with Gasteiger partial charge in [0.05, 0.1) is 5.69 Å². The van der Waals surface area contributed by atoms with Gasteiger partial charge in [0, 0.05) is 43.7 Å². The first-order chi connectivity index (χ1) is 9.16. The lowest BCUT2D eigenvalue weighted by Crippen LogP contribution is -2.36. The number of imidazole rings is 1. The van der Waals surface area contributed by atoms with Crippen LogP contribution in [-0.4, -0.2) is 41.1 Å². The quantitative estimate of drug-likeness (QED) is 0.884. The Kier molecular flexibility index (Phi) is 3.63. The summed E-state index contributed by atoms with van der Waals surface area (Å²) in [6.45, 7) is 9.00. The largest absolute Gasteiger partial charge is 0.327 e. The summed E-state index contributed by atoms with van der Waals surface area (Å²) in [5.74, 6) is 1.81. The maximum absolute atomic E-state index is 4.93. The smallest absolute Gasteiger partial charge is 0.112 e. The topological polar surface area (TPSA) is 33.1 Å². The van der Waals surface area contributed by atoms with Crippen molar-refractivity contribution in [1.29, 1.82) is 0 Å². The summed E-state index contributed by atoms with van der Waals surface area (Å²) in [5, 5.41) is 3.45. The van der Waals surface area contributed by atoms with Crippen molar-refractivity contribution in [3.63, 3.8) is 0 Å². The molecule has 106 valence electrons. The molecule has 19 heavy (non-hydrogen) atoms. The van der Waals surface area contributed by atoms with Crippen molar-refractivity contribution in [1.82, 2.24) is 19.8 Å². The molecule has 4 heteroatoms. The molecule has 1 saturated heterocycles. The van der Waals surface area contributed by atoms with Gasteiger partial charge in [-0.2, -0.15) is 0 Å². The van der Waals surface area contributed by atoms with Gasteiger partial charge in [0.15, 0.2) is 0 Å². The van der Waals surface area contributed by atoms with Gasteiger partial charge in [-0.1, -0.05) is 13.8 Å². The third-order valence-corrected chi connectivity index (χ3v) is 4.43. The van der Waals surface area contributed by atoms with Crippen LogP contribution >= 0.6 is 0 Å². The first kappa shape index (κ1) is 13.1. The summed E-state index contributed by atoms with van der Waals surface area (Å²) >= 11 is 0. The van der Waals surface area contributed by atoms with Crippen LogP contribution in [0.1, 0.15) is 55.9 Å². The molecule has 0 spiro atoms. The lowest BCUT2D eigenvalue weighted by Gasteiger charge is -2.33. The fourth-order valence-corrected chi connectivity index (χ4v) is 3.52. The third-order valence-electron chi connectivity index (χ3n) is 4.43. The summed E-state index contributed by atoms with van der Waals surface area (Å²) in [7, 11) is 2.24. The molecule has 0 amide bonds. The fourth-order valence-electron chi connectivity index (χ4n) is 3.52. The molecule has 2 aliphatic rings. The van der Waals surface area contributed by atoms with Crippen molar-refractivity contribution < 1.29 is 0 Å². The van der Waals surface area contributed by atoms with Crippen LogP contribution in [0.4, 0.5) is 0 Å². The van der Waals surface area contributed by atoms with E-state index in [2.05, 4.69) is 35.7 Å². The van der Waals surface area contributed by atoms with E-state index in [9.17, 15) is 0 Å². The Morgan fingerprint density at radius 3 is 2.95 bits per heavy atom. The molecule has 0 bridgehead atoms. The molecule has 3 heterocycles. The van der Waals surface area contributed by atoms with Crippen LogP contribution in [0, 0.1) is 0 Å². The predicted octanol–water partition coefficient (Wildman–Crippen LogP) is 1.92. The highest BCUT2D eigenvalue weighted by Gasteiger charge is 2.28. The van der Waals surface area contributed by atoms with Gasteiger partial charge in [0.25, 0.3) is 0 Å². The number of hydrogen-bond donors (Lipinski definition) is 1. The zero-order valence-electron chi connectivity index (χ0n) is 12.4. The molecule has 0 aromatic carbocycles. The fraction of sp³-hybridized carbons (Fsp3) is 0.800. The van der Waals surface area contributed by atoms with Crippen molar-refractivity contribution in [2.75, 3.05) is 26.7 Å². The minimum atomic E-state index is 0.512. The van der Waals surface area contributed by atoms with Gasteiger partial charge >= 0.3 is 0 Å². The average molecular weight is 262 g/mol. The molecule has 1 N–H and O–H groups in total. The van der Waals surface area contributed by atoms with E-state index < -0.39 is 0 Å². The van der Waals surface area contributed by atoms with Crippen molar-refractivity contribution in [2.24, 2.45) is 0 Å². The molecular formula is C15H26N4. The van der Waals surface area contributed by atoms with E-state index in [1.165, 1.54) is 43.1 Å². The number of fused-ring (bicyclic) bond motifs is 1. The molecule has 0 radical (unpaired) electrons. The van der Waals surface area contributed by atoms with Crippen LogP contribution in [0.3, 0.4) is 0 Å². The van der Waals surface area contributed by atoms with Gasteiger partial charge in [0.2, 0.25) is 0 Å². The second kappa shape index (κ2) is 5.25. The summed E-state index contributed by atoms with van der Waals surface area (Å²) in [5.41, 5.74) is 2.80. The zero-order chi connectivity index (χ0) is 13.4. The number of aromatic nitrogens is 2. The lowest BCUT2D eigenvalue weighted by atomic mass is 10.0. The highest BCUT2D eigenvalue weighted by Crippen LogP contribution is 2.30. The number of likely N-dealkylation sites (N-methyl/N-ethyl adjacent to an activating group) is 1. The molecule has 3 rings (SSSR count). The average Bonchev–Trinajstić information content (AvgIpc) is 2.78. The highest BCUT2D eigenvalue weighted by atomic mass is 15.2. The molecular weight excluding hydrogens is 236 g/mol. The van der Waals surface area contributed by atoms with Gasteiger partial charge in [-0.05, 0) is 26.4 Å². The van der Waals surface area contributed by atoms with Crippen LogP contribution in [0.5, 0.6) is 0 Å². The number of hydrogen-bond acceptors (Lipinski definition) is 3. The van der Waals surface area contributed by atoms with Gasteiger partial charge < -0.3 is 14.8 Å². The Morgan fingerprint density at radius 2 is 2.21 bits per heavy atom. The molecule has 0 saturated carbocycles. The Bertz CT molecular complexity index is 449. The van der Waals surface area contributed by atoms with E-state index in [0.717, 1.165) is 19.5 Å². The number of nitrogens with one attached hydrogen (secondary N) is 1. The van der Waals surface area contributed by atoms with E-state index in [-0.39, 0.29) is 0 Å². The summed E-state index contributed by atoms with van der Waals surface area (Å²) in [6.07, 6.45) is 3.75. The molecule has 4 nitrogen and oxygen atoms in total. The maximum atomic E-state index is 4.93. The number of rotatable bonds is 2. The van der Waals surface area contributed by atoms with E-state index in [4.69, 9.17) is 4.98 Å². The Balaban J connectivity index is 1.99. The zero-order valence-corrected chi connectivity index (χ0v) is 12.4. The predicted molar refractivity (Wildman–Crippen MR) is 77.5 cm³/mol. The lowest BCUT2D eigenvalue weighted by molar-refractivity contribution is 0.206. The van der Waals surface area contributed by atoms with E-state index in [1.807, 2.05) is 0 Å². The SMILES string of the molecule is CC(C)c1nc2c(n1C1CCCN(C)C1)CCNC2. The van der Waals surface area contributed by atoms with E-state index in [0.29, 0.717) is 12.0 Å². The summed E-state index contributed by atoms with van der Waals surface area (Å²) in [4.78, 5) is 7.40. The molecule has 1 aromatic heterocycles. The summed E-state index contributed by atoms with van der Waals surface area (Å²) < 4.78 is 2.59. The van der Waals surface area contributed by atoms with Crippen LogP contribution in [0.2, 0.25) is 0 Å². The van der Waals surface area contributed by atoms with Gasteiger partial charge in [0.1, 0.15) is 5.82 Å². The number of nitrogens with zero attached hydrogens (tertiary/aromatic N) is 3. The van der Waals surface area contributed by atoms with Crippen LogP contribution in [0.15, 0.2) is 0 Å². The molecule has 1 fully saturated rings. The Hall–Kier alpha value is -0.870. The van der Waals surface area contributed by atoms with E-state index in [1.54, 1.807) is 0 Å². The first-order valence-corrected chi connectivity index (χ1v) is 7.66. The van der Waals surface area contributed by atoms with E-state index >= 15 is 0 Å². The molecule has 1 aromatic rings. The number of likely N-dealkylation sites (tertiary alicyclic amines) is 1. The molecule has 1 unspecified atom stereocenters. The van der Waals surface area contributed by atoms with Crippen molar-refractivity contribution >= 4 is 0 Å². The Labute approximate surface area is 116 Å². The minimum absolute atomic E-state index is 0.512. The second-order valence-electron chi connectivity index (χ2n) is 6.37. The third kappa shape index (κ3) is 2.43. The number of piperidine rings is 1. The van der Waals surface area contributed by atoms with Crippen LogP contribution < -0.4 is 5.32 Å². The monoisotopic (exact) mass is 262 g/mol. The second-order valence-corrected chi connectivity index (χ2v) is 6.37. The minimum Gasteiger partial charge on any atom is -0.327 e. The van der Waals surface area contributed by atoms with Crippen molar-refractivity contribution in [3.8, 4) is 0 Å². The summed E-state index contributed by atoms with van der Waals surface area (Å²) in [6, 6.07) is 0.630. The first-order valence-electron chi connectivity index (χ1n) is 7.66. The Morgan fingerprint density at radius 1 is 1.37 bits per heavy atom. The molecule has 0 aliphatic carbocycles. The normalized spacial score (nSPS) is 24.7. The van der Waals surface area contributed by atoms with Crippen molar-refractivity contribution in [2.45, 2.75) is 51.6 Å². The standard InChI is InChI=1S/C15H26N4/c1-11(2)15-17-13-9-16-7-6-14(13)19(15)12-5-4-8-18(3)10-12/h11-12,16H,4-10H2,1-3H3. The van der Waals surface area contributed by atoms with Crippen LogP contribution in [-0.2, 0) is 13.0 Å². The molecule has 2 aliphatic heterocycles. The van der Waals surface area contributed by atoms with Crippen molar-refractivity contribution in [3.05, 3.63) is 17.2 Å². The van der Waals surface area contributed by atoms with Gasteiger partial charge in [-0.15, -0.1) is 0 Å². The van der Waals surface area contributed by atoms with Crippen LogP contribution in [0.25, 0.3) is 0 Å².